The summed E-state index contributed by atoms with van der Waals surface area (Å²) in [6.07, 6.45) is 1.15. The standard InChI is InChI=1S/C36H40N2O4/c1-27(35(41,23-29-15-7-3-8-16-29)24-30-17-9-4-10-18-30)37-33(39)34(40)38-28(2)36(42,25-31-19-11-5-12-20-31)26-32-21-13-6-14-22-32/h3-22,27-28,41-42H,23-26H2,1-2H3,(H,37,39)(H,38,40)/t27-,28-/m1/s1. The molecule has 0 radical (unpaired) electrons. The van der Waals surface area contributed by atoms with Gasteiger partial charge in [0.2, 0.25) is 0 Å². The van der Waals surface area contributed by atoms with Gasteiger partial charge in [0.1, 0.15) is 0 Å². The average molecular weight is 565 g/mol. The number of carbonyl (C=O) groups excluding carboxylic acids is 2. The molecule has 0 bridgehead atoms. The minimum absolute atomic E-state index is 0.288. The molecule has 4 aromatic carbocycles. The van der Waals surface area contributed by atoms with Gasteiger partial charge in [-0.2, -0.15) is 0 Å². The van der Waals surface area contributed by atoms with Crippen LogP contribution in [0.25, 0.3) is 0 Å². The van der Waals surface area contributed by atoms with Crippen LogP contribution < -0.4 is 10.6 Å². The van der Waals surface area contributed by atoms with Crippen LogP contribution in [0.2, 0.25) is 0 Å². The fourth-order valence-corrected chi connectivity index (χ4v) is 5.33. The summed E-state index contributed by atoms with van der Waals surface area (Å²) in [5.41, 5.74) is 0.963. The van der Waals surface area contributed by atoms with Crippen molar-refractivity contribution in [2.24, 2.45) is 0 Å². The van der Waals surface area contributed by atoms with E-state index in [0.29, 0.717) is 0 Å². The molecule has 0 aliphatic rings. The lowest BCUT2D eigenvalue weighted by atomic mass is 9.82. The Labute approximate surface area is 248 Å². The van der Waals surface area contributed by atoms with Crippen LogP contribution in [0.5, 0.6) is 0 Å². The topological polar surface area (TPSA) is 98.7 Å². The Morgan fingerprint density at radius 3 is 0.929 bits per heavy atom. The summed E-state index contributed by atoms with van der Waals surface area (Å²) in [7, 11) is 0. The molecule has 0 aliphatic heterocycles. The summed E-state index contributed by atoms with van der Waals surface area (Å²) in [5.74, 6) is -1.73. The molecule has 2 atom stereocenters. The molecule has 0 fully saturated rings. The minimum atomic E-state index is -1.36. The first-order valence-corrected chi connectivity index (χ1v) is 14.4. The van der Waals surface area contributed by atoms with Gasteiger partial charge in [0.15, 0.2) is 0 Å². The molecule has 4 rings (SSSR count). The van der Waals surface area contributed by atoms with E-state index in [1.807, 2.05) is 121 Å². The molecule has 0 spiro atoms. The lowest BCUT2D eigenvalue weighted by Crippen LogP contribution is -2.59. The normalized spacial score (nSPS) is 13.1. The highest BCUT2D eigenvalue weighted by molar-refractivity contribution is 6.35. The van der Waals surface area contributed by atoms with Crippen molar-refractivity contribution in [2.75, 3.05) is 0 Å². The summed E-state index contributed by atoms with van der Waals surface area (Å²) in [6.45, 7) is 3.42. The van der Waals surface area contributed by atoms with E-state index >= 15 is 0 Å². The van der Waals surface area contributed by atoms with E-state index in [2.05, 4.69) is 10.6 Å². The van der Waals surface area contributed by atoms with Gasteiger partial charge in [0.05, 0.1) is 23.3 Å². The molecule has 0 heterocycles. The van der Waals surface area contributed by atoms with Gasteiger partial charge in [-0.3, -0.25) is 9.59 Å². The fraction of sp³-hybridized carbons (Fsp3) is 0.278. The Hall–Kier alpha value is -4.26. The zero-order chi connectivity index (χ0) is 30.0. The maximum absolute atomic E-state index is 13.2. The van der Waals surface area contributed by atoms with Crippen LogP contribution in [0.1, 0.15) is 36.1 Å². The third-order valence-corrected chi connectivity index (χ3v) is 7.93. The summed E-state index contributed by atoms with van der Waals surface area (Å²) < 4.78 is 0. The fourth-order valence-electron chi connectivity index (χ4n) is 5.33. The third-order valence-electron chi connectivity index (χ3n) is 7.93. The van der Waals surface area contributed by atoms with Gasteiger partial charge in [0, 0.05) is 25.7 Å². The second-order valence-electron chi connectivity index (χ2n) is 11.2. The molecule has 2 amide bonds. The smallest absolute Gasteiger partial charge is 0.309 e. The largest absolute Gasteiger partial charge is 0.387 e. The molecule has 218 valence electrons. The second-order valence-corrected chi connectivity index (χ2v) is 11.2. The van der Waals surface area contributed by atoms with Crippen LogP contribution in [0.15, 0.2) is 121 Å². The van der Waals surface area contributed by atoms with Gasteiger partial charge in [-0.15, -0.1) is 0 Å². The Kier molecular flexibility index (Phi) is 10.3. The first-order chi connectivity index (χ1) is 20.2. The molecule has 0 unspecified atom stereocenters. The second kappa shape index (κ2) is 14.1. The van der Waals surface area contributed by atoms with Gasteiger partial charge in [0.25, 0.3) is 0 Å². The number of aliphatic hydroxyl groups is 2. The molecule has 0 aliphatic carbocycles. The van der Waals surface area contributed by atoms with E-state index in [0.717, 1.165) is 22.3 Å². The van der Waals surface area contributed by atoms with Crippen LogP contribution in [-0.2, 0) is 35.3 Å². The van der Waals surface area contributed by atoms with Crippen molar-refractivity contribution < 1.29 is 19.8 Å². The van der Waals surface area contributed by atoms with E-state index in [1.54, 1.807) is 13.8 Å². The van der Waals surface area contributed by atoms with Crippen molar-refractivity contribution in [1.29, 1.82) is 0 Å². The predicted octanol–water partition coefficient (Wildman–Crippen LogP) is 4.43. The number of benzene rings is 4. The number of carbonyl (C=O) groups is 2. The van der Waals surface area contributed by atoms with Gasteiger partial charge in [-0.1, -0.05) is 121 Å². The molecular formula is C36H40N2O4. The van der Waals surface area contributed by atoms with Crippen LogP contribution in [0.3, 0.4) is 0 Å². The van der Waals surface area contributed by atoms with Crippen molar-refractivity contribution in [3.8, 4) is 0 Å². The van der Waals surface area contributed by atoms with Crippen molar-refractivity contribution in [3.63, 3.8) is 0 Å². The molecule has 42 heavy (non-hydrogen) atoms. The molecule has 4 N–H and O–H groups in total. The van der Waals surface area contributed by atoms with E-state index in [1.165, 1.54) is 0 Å². The molecule has 0 aromatic heterocycles. The minimum Gasteiger partial charge on any atom is -0.387 e. The lowest BCUT2D eigenvalue weighted by molar-refractivity contribution is -0.142. The number of rotatable bonds is 12. The quantitative estimate of drug-likeness (QED) is 0.191. The Bertz CT molecular complexity index is 1220. The third kappa shape index (κ3) is 8.38. The first-order valence-electron chi connectivity index (χ1n) is 14.4. The first kappa shape index (κ1) is 30.7. The van der Waals surface area contributed by atoms with E-state index in [4.69, 9.17) is 0 Å². The predicted molar refractivity (Wildman–Crippen MR) is 166 cm³/mol. The highest BCUT2D eigenvalue weighted by atomic mass is 16.3. The van der Waals surface area contributed by atoms with Crippen LogP contribution in [-0.4, -0.2) is 45.3 Å². The lowest BCUT2D eigenvalue weighted by Gasteiger charge is -2.36. The number of nitrogens with one attached hydrogen (secondary N) is 2. The Morgan fingerprint density at radius 1 is 0.500 bits per heavy atom. The van der Waals surface area contributed by atoms with E-state index in [-0.39, 0.29) is 25.7 Å². The van der Waals surface area contributed by atoms with Crippen molar-refractivity contribution >= 4 is 11.8 Å². The van der Waals surface area contributed by atoms with Gasteiger partial charge in [-0.05, 0) is 36.1 Å². The molecule has 4 aromatic rings. The molecule has 6 nitrogen and oxygen atoms in total. The Balaban J connectivity index is 1.48. The van der Waals surface area contributed by atoms with E-state index in [9.17, 15) is 19.8 Å². The van der Waals surface area contributed by atoms with E-state index < -0.39 is 35.1 Å². The highest BCUT2D eigenvalue weighted by Crippen LogP contribution is 2.25. The number of hydrogen-bond acceptors (Lipinski definition) is 4. The zero-order valence-electron chi connectivity index (χ0n) is 24.2. The average Bonchev–Trinajstić information content (AvgIpc) is 2.99. The maximum atomic E-state index is 13.2. The summed E-state index contributed by atoms with van der Waals surface area (Å²) in [5, 5.41) is 29.2. The van der Waals surface area contributed by atoms with Gasteiger partial charge >= 0.3 is 11.8 Å². The number of hydrogen-bond donors (Lipinski definition) is 4. The molecule has 6 heteroatoms. The highest BCUT2D eigenvalue weighted by Gasteiger charge is 2.39. The van der Waals surface area contributed by atoms with Gasteiger partial charge in [-0.25, -0.2) is 0 Å². The summed E-state index contributed by atoms with van der Waals surface area (Å²) in [4.78, 5) is 26.3. The van der Waals surface area contributed by atoms with Crippen molar-refractivity contribution in [1.82, 2.24) is 10.6 Å². The monoisotopic (exact) mass is 564 g/mol. The molecule has 0 saturated heterocycles. The number of amides is 2. The van der Waals surface area contributed by atoms with Gasteiger partial charge < -0.3 is 20.8 Å². The summed E-state index contributed by atoms with van der Waals surface area (Å²) in [6, 6.07) is 36.8. The van der Waals surface area contributed by atoms with Crippen LogP contribution >= 0.6 is 0 Å². The summed E-state index contributed by atoms with van der Waals surface area (Å²) >= 11 is 0. The van der Waals surface area contributed by atoms with Crippen LogP contribution in [0.4, 0.5) is 0 Å². The Morgan fingerprint density at radius 2 is 0.714 bits per heavy atom. The van der Waals surface area contributed by atoms with Crippen LogP contribution in [0, 0.1) is 0 Å². The SMILES string of the molecule is C[C@@H](NC(=O)C(=O)N[C@H](C)C(O)(Cc1ccccc1)Cc1ccccc1)C(O)(Cc1ccccc1)Cc1ccccc1. The van der Waals surface area contributed by atoms with Crippen molar-refractivity contribution in [3.05, 3.63) is 144 Å². The molecular weight excluding hydrogens is 524 g/mol. The molecule has 0 saturated carbocycles. The zero-order valence-corrected chi connectivity index (χ0v) is 24.2. The maximum Gasteiger partial charge on any atom is 0.309 e. The van der Waals surface area contributed by atoms with Crippen molar-refractivity contribution in [2.45, 2.75) is 62.8 Å².